The smallest absolute Gasteiger partial charge is 0.257 e. The SMILES string of the molecule is CC(C)NS(=O)(=O)c1ccc(F)c(C(=O)N(Cc2ccco2)C2CCN(C)CC2)c1. The van der Waals surface area contributed by atoms with Gasteiger partial charge in [-0.1, -0.05) is 0 Å². The number of benzene rings is 1. The van der Waals surface area contributed by atoms with Gasteiger partial charge in [0.15, 0.2) is 0 Å². The highest BCUT2D eigenvalue weighted by Gasteiger charge is 2.31. The fraction of sp³-hybridized carbons (Fsp3) is 0.476. The summed E-state index contributed by atoms with van der Waals surface area (Å²) >= 11 is 0. The summed E-state index contributed by atoms with van der Waals surface area (Å²) in [6.07, 6.45) is 3.02. The molecule has 0 aliphatic carbocycles. The molecule has 7 nitrogen and oxygen atoms in total. The maximum Gasteiger partial charge on any atom is 0.257 e. The Balaban J connectivity index is 1.94. The number of halogens is 1. The Kier molecular flexibility index (Phi) is 6.95. The van der Waals surface area contributed by atoms with Gasteiger partial charge in [-0.2, -0.15) is 0 Å². The first-order valence-corrected chi connectivity index (χ1v) is 11.5. The zero-order valence-corrected chi connectivity index (χ0v) is 18.3. The first kappa shape index (κ1) is 22.5. The van der Waals surface area contributed by atoms with Gasteiger partial charge in [-0.25, -0.2) is 17.5 Å². The Morgan fingerprint density at radius 2 is 2.00 bits per heavy atom. The Morgan fingerprint density at radius 1 is 1.30 bits per heavy atom. The summed E-state index contributed by atoms with van der Waals surface area (Å²) in [5, 5.41) is 0. The largest absolute Gasteiger partial charge is 0.467 e. The second kappa shape index (κ2) is 9.28. The lowest BCUT2D eigenvalue weighted by atomic mass is 10.0. The normalized spacial score (nSPS) is 16.2. The lowest BCUT2D eigenvalue weighted by Crippen LogP contribution is -2.46. The summed E-state index contributed by atoms with van der Waals surface area (Å²) in [6.45, 7) is 5.22. The Hall–Kier alpha value is -2.23. The van der Waals surface area contributed by atoms with Gasteiger partial charge < -0.3 is 14.2 Å². The molecule has 1 aromatic heterocycles. The van der Waals surface area contributed by atoms with E-state index >= 15 is 0 Å². The van der Waals surface area contributed by atoms with Crippen molar-refractivity contribution in [2.75, 3.05) is 20.1 Å². The average molecular weight is 438 g/mol. The van der Waals surface area contributed by atoms with Gasteiger partial charge in [0.2, 0.25) is 10.0 Å². The number of carbonyl (C=O) groups is 1. The van der Waals surface area contributed by atoms with Crippen LogP contribution in [0.15, 0.2) is 45.9 Å². The van der Waals surface area contributed by atoms with Crippen molar-refractivity contribution in [3.63, 3.8) is 0 Å². The highest BCUT2D eigenvalue weighted by Crippen LogP contribution is 2.24. The first-order valence-electron chi connectivity index (χ1n) is 10.0. The third-order valence-electron chi connectivity index (χ3n) is 5.17. The van der Waals surface area contributed by atoms with Crippen molar-refractivity contribution in [2.45, 2.75) is 50.2 Å². The second-order valence-electron chi connectivity index (χ2n) is 7.96. The standard InChI is InChI=1S/C21H28FN3O4S/c1-15(2)23-30(27,28)18-6-7-20(22)19(13-18)21(26)25(14-17-5-4-12-29-17)16-8-10-24(3)11-9-16/h4-7,12-13,15-16,23H,8-11,14H2,1-3H3. The predicted octanol–water partition coefficient (Wildman–Crippen LogP) is 2.84. The van der Waals surface area contributed by atoms with Crippen molar-refractivity contribution in [3.05, 3.63) is 53.7 Å². The first-order chi connectivity index (χ1) is 14.2. The highest BCUT2D eigenvalue weighted by atomic mass is 32.2. The fourth-order valence-electron chi connectivity index (χ4n) is 3.61. The van der Waals surface area contributed by atoms with Gasteiger partial charge in [0.05, 0.1) is 23.3 Å². The van der Waals surface area contributed by atoms with Crippen LogP contribution in [0.4, 0.5) is 4.39 Å². The third kappa shape index (κ3) is 5.27. The molecule has 9 heteroatoms. The molecule has 0 spiro atoms. The van der Waals surface area contributed by atoms with Crippen molar-refractivity contribution in [2.24, 2.45) is 0 Å². The molecule has 0 atom stereocenters. The molecule has 1 saturated heterocycles. The van der Waals surface area contributed by atoms with E-state index in [9.17, 15) is 17.6 Å². The van der Waals surface area contributed by atoms with Gasteiger partial charge in [-0.3, -0.25) is 4.79 Å². The molecule has 30 heavy (non-hydrogen) atoms. The van der Waals surface area contributed by atoms with E-state index in [1.165, 1.54) is 12.3 Å². The second-order valence-corrected chi connectivity index (χ2v) is 9.68. The molecule has 2 heterocycles. The maximum absolute atomic E-state index is 14.6. The molecule has 0 radical (unpaired) electrons. The predicted molar refractivity (Wildman–Crippen MR) is 111 cm³/mol. The number of piperidine rings is 1. The molecule has 1 aliphatic heterocycles. The topological polar surface area (TPSA) is 82.9 Å². The molecule has 1 N–H and O–H groups in total. The number of nitrogens with zero attached hydrogens (tertiary/aromatic N) is 2. The van der Waals surface area contributed by atoms with Crippen LogP contribution >= 0.6 is 0 Å². The number of hydrogen-bond donors (Lipinski definition) is 1. The van der Waals surface area contributed by atoms with Crippen LogP contribution < -0.4 is 4.72 Å². The van der Waals surface area contributed by atoms with E-state index in [0.717, 1.165) is 38.1 Å². The number of rotatable bonds is 7. The van der Waals surface area contributed by atoms with Crippen LogP contribution in [0.3, 0.4) is 0 Å². The van der Waals surface area contributed by atoms with Gasteiger partial charge in [0.1, 0.15) is 11.6 Å². The summed E-state index contributed by atoms with van der Waals surface area (Å²) < 4.78 is 47.5. The highest BCUT2D eigenvalue weighted by molar-refractivity contribution is 7.89. The fourth-order valence-corrected chi connectivity index (χ4v) is 4.89. The minimum atomic E-state index is -3.85. The average Bonchev–Trinajstić information content (AvgIpc) is 3.19. The van der Waals surface area contributed by atoms with Crippen LogP contribution in [0.5, 0.6) is 0 Å². The number of amides is 1. The number of hydrogen-bond acceptors (Lipinski definition) is 5. The van der Waals surface area contributed by atoms with Gasteiger partial charge in [-0.05, 0) is 77.2 Å². The molecule has 164 valence electrons. The summed E-state index contributed by atoms with van der Waals surface area (Å²) in [5.74, 6) is -0.700. The van der Waals surface area contributed by atoms with Crippen LogP contribution in [-0.2, 0) is 16.6 Å². The molecule has 1 amide bonds. The molecule has 0 saturated carbocycles. The van der Waals surface area contributed by atoms with Gasteiger partial charge >= 0.3 is 0 Å². The van der Waals surface area contributed by atoms with Crippen LogP contribution in [0.1, 0.15) is 42.8 Å². The van der Waals surface area contributed by atoms with E-state index in [-0.39, 0.29) is 29.1 Å². The van der Waals surface area contributed by atoms with Crippen molar-refractivity contribution >= 4 is 15.9 Å². The molecule has 1 aromatic carbocycles. The molecule has 3 rings (SSSR count). The van der Waals surface area contributed by atoms with E-state index in [1.807, 2.05) is 7.05 Å². The Morgan fingerprint density at radius 3 is 2.60 bits per heavy atom. The Bertz CT molecular complexity index is 968. The van der Waals surface area contributed by atoms with Gasteiger partial charge in [-0.15, -0.1) is 0 Å². The summed E-state index contributed by atoms with van der Waals surface area (Å²) in [6, 6.07) is 6.40. The number of carbonyl (C=O) groups excluding carboxylic acids is 1. The van der Waals surface area contributed by atoms with Crippen molar-refractivity contribution < 1.29 is 22.0 Å². The Labute approximate surface area is 176 Å². The van der Waals surface area contributed by atoms with Crippen molar-refractivity contribution in [3.8, 4) is 0 Å². The quantitative estimate of drug-likeness (QED) is 0.720. The number of likely N-dealkylation sites (tertiary alicyclic amines) is 1. The molecule has 0 bridgehead atoms. The zero-order valence-electron chi connectivity index (χ0n) is 17.5. The number of furan rings is 1. The minimum absolute atomic E-state index is 0.0905. The van der Waals surface area contributed by atoms with E-state index in [0.29, 0.717) is 5.76 Å². The molecular weight excluding hydrogens is 409 g/mol. The zero-order chi connectivity index (χ0) is 21.9. The maximum atomic E-state index is 14.6. The molecule has 1 fully saturated rings. The van der Waals surface area contributed by atoms with Crippen molar-refractivity contribution in [1.82, 2.24) is 14.5 Å². The van der Waals surface area contributed by atoms with Gasteiger partial charge in [0, 0.05) is 12.1 Å². The lowest BCUT2D eigenvalue weighted by Gasteiger charge is -2.37. The van der Waals surface area contributed by atoms with E-state index in [2.05, 4.69) is 9.62 Å². The lowest BCUT2D eigenvalue weighted by molar-refractivity contribution is 0.0546. The molecule has 2 aromatic rings. The summed E-state index contributed by atoms with van der Waals surface area (Å²) in [5.41, 5.74) is -0.257. The van der Waals surface area contributed by atoms with Crippen LogP contribution in [0.2, 0.25) is 0 Å². The van der Waals surface area contributed by atoms with E-state index in [1.54, 1.807) is 30.9 Å². The molecular formula is C21H28FN3O4S. The van der Waals surface area contributed by atoms with Crippen LogP contribution in [0.25, 0.3) is 0 Å². The minimum Gasteiger partial charge on any atom is -0.467 e. The summed E-state index contributed by atoms with van der Waals surface area (Å²) in [4.78, 5) is 17.0. The third-order valence-corrected chi connectivity index (χ3v) is 6.82. The van der Waals surface area contributed by atoms with Crippen molar-refractivity contribution in [1.29, 1.82) is 0 Å². The number of sulfonamides is 1. The van der Waals surface area contributed by atoms with E-state index < -0.39 is 21.7 Å². The van der Waals surface area contributed by atoms with E-state index in [4.69, 9.17) is 4.42 Å². The van der Waals surface area contributed by atoms with Crippen LogP contribution in [-0.4, -0.2) is 56.3 Å². The monoisotopic (exact) mass is 437 g/mol. The molecule has 0 unspecified atom stereocenters. The van der Waals surface area contributed by atoms with Gasteiger partial charge in [0.25, 0.3) is 5.91 Å². The number of nitrogens with one attached hydrogen (secondary N) is 1. The molecule has 1 aliphatic rings. The summed E-state index contributed by atoms with van der Waals surface area (Å²) in [7, 11) is -1.83. The van der Waals surface area contributed by atoms with Crippen LogP contribution in [0, 0.1) is 5.82 Å².